The third kappa shape index (κ3) is 6.76. The first-order valence-corrected chi connectivity index (χ1v) is 10.1. The summed E-state index contributed by atoms with van der Waals surface area (Å²) in [6.45, 7) is 9.19. The number of hydrogen-bond acceptors (Lipinski definition) is 5. The molecule has 24 heavy (non-hydrogen) atoms. The van der Waals surface area contributed by atoms with Crippen LogP contribution in [0.1, 0.15) is 47.0 Å². The Morgan fingerprint density at radius 3 is 2.00 bits per heavy atom. The summed E-state index contributed by atoms with van der Waals surface area (Å²) in [4.78, 5) is 22.5. The van der Waals surface area contributed by atoms with Gasteiger partial charge in [-0.15, -0.1) is 0 Å². The van der Waals surface area contributed by atoms with Crippen molar-refractivity contribution in [3.63, 3.8) is 0 Å². The lowest BCUT2D eigenvalue weighted by Gasteiger charge is -2.46. The Bertz CT molecular complexity index is 527. The number of piperidine rings is 1. The summed E-state index contributed by atoms with van der Waals surface area (Å²) in [7, 11) is -2.92. The van der Waals surface area contributed by atoms with Gasteiger partial charge in [-0.25, -0.2) is 8.42 Å². The van der Waals surface area contributed by atoms with E-state index >= 15 is 0 Å². The number of carboxylic acid groups (broad SMARTS) is 1. The van der Waals surface area contributed by atoms with Gasteiger partial charge in [0.1, 0.15) is 0 Å². The van der Waals surface area contributed by atoms with Gasteiger partial charge in [-0.3, -0.25) is 9.59 Å². The van der Waals surface area contributed by atoms with Gasteiger partial charge in [0, 0.05) is 30.6 Å². The molecule has 2 heterocycles. The number of nitrogens with one attached hydrogen (secondary N) is 1. The molecule has 0 aromatic heterocycles. The van der Waals surface area contributed by atoms with Crippen molar-refractivity contribution in [1.29, 1.82) is 0 Å². The van der Waals surface area contributed by atoms with Gasteiger partial charge >= 0.3 is 0 Å². The van der Waals surface area contributed by atoms with Crippen molar-refractivity contribution in [2.24, 2.45) is 5.92 Å². The van der Waals surface area contributed by atoms with E-state index in [4.69, 9.17) is 9.90 Å². The molecule has 2 aliphatic rings. The van der Waals surface area contributed by atoms with Crippen LogP contribution in [0.2, 0.25) is 0 Å². The zero-order chi connectivity index (χ0) is 18.6. The molecule has 0 spiro atoms. The topological polar surface area (TPSA) is 104 Å². The van der Waals surface area contributed by atoms with Crippen molar-refractivity contribution >= 4 is 22.2 Å². The monoisotopic (exact) mass is 362 g/mol. The summed E-state index contributed by atoms with van der Waals surface area (Å²) >= 11 is 0. The van der Waals surface area contributed by atoms with Gasteiger partial charge in [-0.1, -0.05) is 0 Å². The molecule has 0 aromatic rings. The fraction of sp³-hybridized carbons (Fsp3) is 0.875. The van der Waals surface area contributed by atoms with Gasteiger partial charge in [0.15, 0.2) is 9.84 Å². The van der Waals surface area contributed by atoms with Gasteiger partial charge in [-0.05, 0) is 46.5 Å². The minimum absolute atomic E-state index is 0.0396. The number of carbonyl (C=O) groups excluding carboxylic acids is 1. The van der Waals surface area contributed by atoms with E-state index < -0.39 is 9.84 Å². The fourth-order valence-corrected chi connectivity index (χ4v) is 5.22. The van der Waals surface area contributed by atoms with Crippen LogP contribution in [0.3, 0.4) is 0 Å². The zero-order valence-electron chi connectivity index (χ0n) is 15.0. The summed E-state index contributed by atoms with van der Waals surface area (Å²) in [5, 5.41) is 10.5. The van der Waals surface area contributed by atoms with E-state index in [9.17, 15) is 13.2 Å². The van der Waals surface area contributed by atoms with Crippen LogP contribution < -0.4 is 5.32 Å². The molecule has 0 radical (unpaired) electrons. The highest BCUT2D eigenvalue weighted by Gasteiger charge is 2.39. The minimum atomic E-state index is -2.92. The fourth-order valence-electron chi connectivity index (χ4n) is 4.02. The molecular weight excluding hydrogens is 332 g/mol. The molecule has 2 N–H and O–H groups in total. The number of sulfone groups is 1. The van der Waals surface area contributed by atoms with Crippen LogP contribution >= 0.6 is 0 Å². The van der Waals surface area contributed by atoms with E-state index in [1.807, 2.05) is 0 Å². The summed E-state index contributed by atoms with van der Waals surface area (Å²) in [6, 6.07) is 0. The number of hydrogen-bond donors (Lipinski definition) is 2. The Labute approximate surface area is 144 Å². The molecule has 0 unspecified atom stereocenters. The second-order valence-electron chi connectivity index (χ2n) is 8.01. The van der Waals surface area contributed by atoms with E-state index in [0.717, 1.165) is 12.8 Å². The maximum Gasteiger partial charge on any atom is 0.290 e. The molecule has 2 rings (SSSR count). The largest absolute Gasteiger partial charge is 0.483 e. The van der Waals surface area contributed by atoms with Gasteiger partial charge < -0.3 is 15.3 Å². The number of rotatable bonds is 2. The quantitative estimate of drug-likeness (QED) is 0.707. The van der Waals surface area contributed by atoms with Crippen molar-refractivity contribution in [3.8, 4) is 0 Å². The van der Waals surface area contributed by atoms with Gasteiger partial charge in [0.25, 0.3) is 6.47 Å². The van der Waals surface area contributed by atoms with E-state index in [2.05, 4.69) is 33.0 Å². The number of amides is 1. The molecular formula is C16H30N2O5S. The van der Waals surface area contributed by atoms with Crippen LogP contribution in [0.15, 0.2) is 0 Å². The van der Waals surface area contributed by atoms with Crippen LogP contribution in [0.4, 0.5) is 0 Å². The number of carbonyl (C=O) groups is 2. The standard InChI is InChI=1S/C15H28N2O3S.CH2O2/c1-14(2)10-12(11-15(3,4)16-14)9-13(18)17-5-7-21(19,20)8-6-17;2-1-3/h12,16H,5-11H2,1-4H3;1H,(H,2,3). The smallest absolute Gasteiger partial charge is 0.290 e. The first kappa shape index (κ1) is 20.9. The normalized spacial score (nSPS) is 25.2. The molecule has 0 saturated carbocycles. The molecule has 7 nitrogen and oxygen atoms in total. The lowest BCUT2D eigenvalue weighted by atomic mass is 9.74. The lowest BCUT2D eigenvalue weighted by molar-refractivity contribution is -0.132. The summed E-state index contributed by atoms with van der Waals surface area (Å²) in [6.07, 6.45) is 2.50. The highest BCUT2D eigenvalue weighted by Crippen LogP contribution is 2.34. The highest BCUT2D eigenvalue weighted by atomic mass is 32.2. The first-order valence-electron chi connectivity index (χ1n) is 8.25. The molecule has 8 heteroatoms. The van der Waals surface area contributed by atoms with E-state index in [1.54, 1.807) is 4.90 Å². The predicted molar refractivity (Wildman–Crippen MR) is 92.6 cm³/mol. The summed E-state index contributed by atoms with van der Waals surface area (Å²) in [5.74, 6) is 0.704. The Hall–Kier alpha value is -1.15. The number of nitrogens with zero attached hydrogens (tertiary/aromatic N) is 1. The average Bonchev–Trinajstić information content (AvgIpc) is 2.35. The van der Waals surface area contributed by atoms with E-state index in [0.29, 0.717) is 25.4 Å². The maximum atomic E-state index is 12.4. The summed E-state index contributed by atoms with van der Waals surface area (Å²) < 4.78 is 22.9. The molecule has 140 valence electrons. The third-order valence-electron chi connectivity index (χ3n) is 4.44. The second kappa shape index (κ2) is 7.82. The van der Waals surface area contributed by atoms with Gasteiger partial charge in [0.2, 0.25) is 5.91 Å². The van der Waals surface area contributed by atoms with Crippen LogP contribution in [0.5, 0.6) is 0 Å². The summed E-state index contributed by atoms with van der Waals surface area (Å²) in [5.41, 5.74) is 0.0792. The van der Waals surface area contributed by atoms with Gasteiger partial charge in [-0.2, -0.15) is 0 Å². The minimum Gasteiger partial charge on any atom is -0.483 e. The predicted octanol–water partition coefficient (Wildman–Crippen LogP) is 0.891. The highest BCUT2D eigenvalue weighted by molar-refractivity contribution is 7.91. The maximum absolute atomic E-state index is 12.4. The van der Waals surface area contributed by atoms with Crippen molar-refractivity contribution in [2.45, 2.75) is 58.0 Å². The Kier molecular flexibility index (Phi) is 6.81. The lowest BCUT2D eigenvalue weighted by Crippen LogP contribution is -2.58. The molecule has 0 bridgehead atoms. The van der Waals surface area contributed by atoms with Crippen LogP contribution in [0, 0.1) is 5.92 Å². The molecule has 0 atom stereocenters. The first-order chi connectivity index (χ1) is 10.9. The van der Waals surface area contributed by atoms with Crippen molar-refractivity contribution in [2.75, 3.05) is 24.6 Å². The zero-order valence-corrected chi connectivity index (χ0v) is 15.9. The Morgan fingerprint density at radius 1 is 1.17 bits per heavy atom. The average molecular weight is 362 g/mol. The molecule has 2 saturated heterocycles. The van der Waals surface area contributed by atoms with Gasteiger partial charge in [0.05, 0.1) is 11.5 Å². The molecule has 2 aliphatic heterocycles. The van der Waals surface area contributed by atoms with Crippen molar-refractivity contribution in [3.05, 3.63) is 0 Å². The molecule has 2 fully saturated rings. The van der Waals surface area contributed by atoms with Crippen molar-refractivity contribution in [1.82, 2.24) is 10.2 Å². The molecule has 0 aliphatic carbocycles. The van der Waals surface area contributed by atoms with E-state index in [-0.39, 0.29) is 35.0 Å². The SMILES string of the molecule is CC1(C)CC(CC(=O)N2CCS(=O)(=O)CC2)CC(C)(C)N1.O=CO. The Morgan fingerprint density at radius 2 is 1.58 bits per heavy atom. The van der Waals surface area contributed by atoms with E-state index in [1.165, 1.54) is 0 Å². The molecule has 0 aromatic carbocycles. The van der Waals surface area contributed by atoms with Crippen LogP contribution in [-0.4, -0.2) is 66.5 Å². The molecule has 1 amide bonds. The van der Waals surface area contributed by atoms with Crippen LogP contribution in [0.25, 0.3) is 0 Å². The Balaban J connectivity index is 0.000000891. The van der Waals surface area contributed by atoms with Crippen molar-refractivity contribution < 1.29 is 23.1 Å². The van der Waals surface area contributed by atoms with Crippen LogP contribution in [-0.2, 0) is 19.4 Å². The third-order valence-corrected chi connectivity index (χ3v) is 6.04. The second-order valence-corrected chi connectivity index (χ2v) is 10.3.